The van der Waals surface area contributed by atoms with Crippen molar-refractivity contribution in [3.8, 4) is 0 Å². The molecule has 0 spiro atoms. The molecular weight excluding hydrogens is 374 g/mol. The molecule has 0 aromatic heterocycles. The summed E-state index contributed by atoms with van der Waals surface area (Å²) in [6.07, 6.45) is 9.00. The van der Waals surface area contributed by atoms with Crippen LogP contribution in [-0.4, -0.2) is 93.6 Å². The Morgan fingerprint density at radius 1 is 1.00 bits per heavy atom. The van der Waals surface area contributed by atoms with Crippen LogP contribution in [0, 0.1) is 17.8 Å². The molecule has 4 rings (SSSR count). The molecule has 0 radical (unpaired) electrons. The molecule has 1 N–H and O–H groups in total. The lowest BCUT2D eigenvalue weighted by atomic mass is 9.93. The predicted octanol–water partition coefficient (Wildman–Crippen LogP) is 1.04. The summed E-state index contributed by atoms with van der Waals surface area (Å²) in [4.78, 5) is 9.66. The first-order valence-corrected chi connectivity index (χ1v) is 12.9. The van der Waals surface area contributed by atoms with Gasteiger partial charge in [0.1, 0.15) is 0 Å². The Bertz CT molecular complexity index is 666. The van der Waals surface area contributed by atoms with Gasteiger partial charge in [-0.1, -0.05) is 6.42 Å². The summed E-state index contributed by atoms with van der Waals surface area (Å²) in [6, 6.07) is 0.843. The number of nitrogens with zero attached hydrogens (tertiary/aromatic N) is 4. The van der Waals surface area contributed by atoms with Crippen LogP contribution in [0.2, 0.25) is 0 Å². The Kier molecular flexibility index (Phi) is 6.18. The second-order valence-electron chi connectivity index (χ2n) is 9.30. The van der Waals surface area contributed by atoms with E-state index in [1.807, 2.05) is 7.05 Å². The van der Waals surface area contributed by atoms with Gasteiger partial charge in [0.25, 0.3) is 0 Å². The van der Waals surface area contributed by atoms with E-state index >= 15 is 0 Å². The van der Waals surface area contributed by atoms with Crippen LogP contribution in [0.3, 0.4) is 0 Å². The quantitative estimate of drug-likeness (QED) is 0.553. The van der Waals surface area contributed by atoms with E-state index in [9.17, 15) is 8.42 Å². The van der Waals surface area contributed by atoms with E-state index in [2.05, 4.69) is 20.1 Å². The lowest BCUT2D eigenvalue weighted by Gasteiger charge is -2.42. The zero-order valence-electron chi connectivity index (χ0n) is 17.5. The number of piperidine rings is 1. The van der Waals surface area contributed by atoms with Gasteiger partial charge in [-0.3, -0.25) is 9.89 Å². The van der Waals surface area contributed by atoms with Crippen molar-refractivity contribution >= 4 is 16.0 Å². The molecule has 2 aliphatic heterocycles. The fraction of sp³-hybridized carbons (Fsp3) is 0.950. The molecular formula is C20H37N5O2S. The van der Waals surface area contributed by atoms with E-state index in [1.165, 1.54) is 31.9 Å². The summed E-state index contributed by atoms with van der Waals surface area (Å²) in [5.74, 6) is 3.51. The average Bonchev–Trinajstić information content (AvgIpc) is 3.32. The monoisotopic (exact) mass is 411 g/mol. The number of nitrogens with one attached hydrogen (secondary N) is 1. The first-order chi connectivity index (χ1) is 13.4. The topological polar surface area (TPSA) is 68.2 Å². The van der Waals surface area contributed by atoms with E-state index in [1.54, 1.807) is 4.31 Å². The van der Waals surface area contributed by atoms with Crippen molar-refractivity contribution in [2.45, 2.75) is 44.6 Å². The summed E-state index contributed by atoms with van der Waals surface area (Å²) in [5, 5.41) is 3.56. The maximum Gasteiger partial charge on any atom is 0.211 e. The van der Waals surface area contributed by atoms with Crippen LogP contribution in [0.15, 0.2) is 4.99 Å². The number of aliphatic imine (C=N–C) groups is 1. The smallest absolute Gasteiger partial charge is 0.211 e. The standard InChI is InChI=1S/C20H37N5O2S/c1-21-20(22-15-16-5-7-25(8-6-16)28(2,26)27)24-11-9-23(10-12-24)19-14-17-3-4-18(19)13-17/h16-19H,3-15H2,1-2H3,(H,21,22). The fourth-order valence-electron chi connectivity index (χ4n) is 5.94. The second-order valence-corrected chi connectivity index (χ2v) is 11.3. The third-order valence-electron chi connectivity index (χ3n) is 7.59. The number of sulfonamides is 1. The number of rotatable bonds is 4. The van der Waals surface area contributed by atoms with Gasteiger partial charge < -0.3 is 10.2 Å². The maximum atomic E-state index is 11.7. The number of hydrogen-bond acceptors (Lipinski definition) is 4. The third kappa shape index (κ3) is 4.49. The SMILES string of the molecule is CN=C(NCC1CCN(S(C)(=O)=O)CC1)N1CCN(C2CC3CCC2C3)CC1. The Morgan fingerprint density at radius 2 is 1.71 bits per heavy atom. The molecule has 3 unspecified atom stereocenters. The number of hydrogen-bond donors (Lipinski definition) is 1. The number of fused-ring (bicyclic) bond motifs is 2. The third-order valence-corrected chi connectivity index (χ3v) is 8.89. The van der Waals surface area contributed by atoms with Crippen molar-refractivity contribution in [3.05, 3.63) is 0 Å². The van der Waals surface area contributed by atoms with Gasteiger partial charge in [-0.15, -0.1) is 0 Å². The molecule has 2 bridgehead atoms. The Labute approximate surface area is 170 Å². The minimum atomic E-state index is -3.04. The summed E-state index contributed by atoms with van der Waals surface area (Å²) < 4.78 is 24.9. The van der Waals surface area contributed by atoms with Gasteiger partial charge in [-0.2, -0.15) is 0 Å². The molecule has 8 heteroatoms. The van der Waals surface area contributed by atoms with Crippen LogP contribution in [0.5, 0.6) is 0 Å². The van der Waals surface area contributed by atoms with Crippen LogP contribution < -0.4 is 5.32 Å². The van der Waals surface area contributed by atoms with Crippen molar-refractivity contribution in [2.24, 2.45) is 22.7 Å². The first kappa shape index (κ1) is 20.4. The van der Waals surface area contributed by atoms with Gasteiger partial charge in [0.05, 0.1) is 6.26 Å². The molecule has 2 aliphatic carbocycles. The molecule has 28 heavy (non-hydrogen) atoms. The maximum absolute atomic E-state index is 11.7. The molecule has 0 aromatic carbocycles. The van der Waals surface area contributed by atoms with E-state index in [0.717, 1.165) is 69.4 Å². The van der Waals surface area contributed by atoms with Gasteiger partial charge >= 0.3 is 0 Å². The minimum absolute atomic E-state index is 0.519. The van der Waals surface area contributed by atoms with Crippen molar-refractivity contribution in [1.29, 1.82) is 0 Å². The second kappa shape index (κ2) is 8.48. The van der Waals surface area contributed by atoms with Crippen LogP contribution in [-0.2, 0) is 10.0 Å². The highest BCUT2D eigenvalue weighted by molar-refractivity contribution is 7.88. The minimum Gasteiger partial charge on any atom is -0.356 e. The fourth-order valence-corrected chi connectivity index (χ4v) is 6.81. The first-order valence-electron chi connectivity index (χ1n) is 11.1. The van der Waals surface area contributed by atoms with Crippen molar-refractivity contribution in [1.82, 2.24) is 19.4 Å². The van der Waals surface area contributed by atoms with E-state index < -0.39 is 10.0 Å². The van der Waals surface area contributed by atoms with Gasteiger partial charge in [0, 0.05) is 58.9 Å². The molecule has 2 heterocycles. The van der Waals surface area contributed by atoms with Crippen molar-refractivity contribution < 1.29 is 8.42 Å². The highest BCUT2D eigenvalue weighted by Crippen LogP contribution is 2.46. The van der Waals surface area contributed by atoms with Crippen LogP contribution in [0.25, 0.3) is 0 Å². The summed E-state index contributed by atoms with van der Waals surface area (Å²) >= 11 is 0. The molecule has 7 nitrogen and oxygen atoms in total. The predicted molar refractivity (Wildman–Crippen MR) is 113 cm³/mol. The van der Waals surface area contributed by atoms with E-state index in [-0.39, 0.29) is 0 Å². The Morgan fingerprint density at radius 3 is 2.25 bits per heavy atom. The largest absolute Gasteiger partial charge is 0.356 e. The molecule has 0 aromatic rings. The summed E-state index contributed by atoms with van der Waals surface area (Å²) in [6.45, 7) is 6.59. The normalized spacial score (nSPS) is 33.6. The van der Waals surface area contributed by atoms with E-state index in [0.29, 0.717) is 19.0 Å². The summed E-state index contributed by atoms with van der Waals surface area (Å²) in [7, 11) is -1.17. The zero-order chi connectivity index (χ0) is 19.7. The zero-order valence-corrected chi connectivity index (χ0v) is 18.3. The van der Waals surface area contributed by atoms with Gasteiger partial charge in [0.2, 0.25) is 10.0 Å². The van der Waals surface area contributed by atoms with Gasteiger partial charge in [0.15, 0.2) is 5.96 Å². The lowest BCUT2D eigenvalue weighted by molar-refractivity contribution is 0.0956. The molecule has 4 fully saturated rings. The van der Waals surface area contributed by atoms with Crippen molar-refractivity contribution in [3.63, 3.8) is 0 Å². The van der Waals surface area contributed by atoms with Gasteiger partial charge in [-0.25, -0.2) is 12.7 Å². The van der Waals surface area contributed by atoms with E-state index in [4.69, 9.17) is 0 Å². The lowest BCUT2D eigenvalue weighted by Crippen LogP contribution is -2.56. The van der Waals surface area contributed by atoms with Crippen LogP contribution >= 0.6 is 0 Å². The van der Waals surface area contributed by atoms with Crippen LogP contribution in [0.1, 0.15) is 38.5 Å². The molecule has 160 valence electrons. The van der Waals surface area contributed by atoms with Gasteiger partial charge in [-0.05, 0) is 49.9 Å². The molecule has 2 saturated heterocycles. The molecule has 3 atom stereocenters. The highest BCUT2D eigenvalue weighted by Gasteiger charge is 2.42. The molecule has 4 aliphatic rings. The molecule has 2 saturated carbocycles. The number of piperazine rings is 1. The average molecular weight is 412 g/mol. The highest BCUT2D eigenvalue weighted by atomic mass is 32.2. The summed E-state index contributed by atoms with van der Waals surface area (Å²) in [5.41, 5.74) is 0. The Balaban J connectivity index is 1.20. The molecule has 0 amide bonds. The Hall–Kier alpha value is -0.860. The number of guanidine groups is 1. The van der Waals surface area contributed by atoms with Crippen LogP contribution in [0.4, 0.5) is 0 Å². The van der Waals surface area contributed by atoms with Crippen molar-refractivity contribution in [2.75, 3.05) is 59.1 Å².